The summed E-state index contributed by atoms with van der Waals surface area (Å²) in [6, 6.07) is 11.1. The van der Waals surface area contributed by atoms with E-state index in [9.17, 15) is 14.4 Å². The first-order chi connectivity index (χ1) is 20.1. The van der Waals surface area contributed by atoms with Crippen molar-refractivity contribution in [2.45, 2.75) is 56.8 Å². The molecule has 0 spiro atoms. The molecular formula is C30H39Br2N7O3. The second-order valence-electron chi connectivity index (χ2n) is 11.6. The fraction of sp³-hybridized carbons (Fsp3) is 0.500. The number of para-hydroxylation sites is 1. The molecule has 3 aliphatic heterocycles. The molecule has 2 saturated heterocycles. The highest BCUT2D eigenvalue weighted by Gasteiger charge is 2.35. The van der Waals surface area contributed by atoms with Gasteiger partial charge in [0.05, 0.1) is 5.69 Å². The first-order valence-corrected chi connectivity index (χ1v) is 16.1. The second kappa shape index (κ2) is 13.2. The van der Waals surface area contributed by atoms with Gasteiger partial charge in [0.1, 0.15) is 6.04 Å². The predicted octanol–water partition coefficient (Wildman–Crippen LogP) is 4.48. The molecule has 12 heteroatoms. The van der Waals surface area contributed by atoms with Gasteiger partial charge < -0.3 is 36.0 Å². The molecular weight excluding hydrogens is 666 g/mol. The number of benzene rings is 2. The second-order valence-corrected chi connectivity index (χ2v) is 13.3. The number of likely N-dealkylation sites (tertiary alicyclic amines) is 2. The molecule has 3 aliphatic rings. The summed E-state index contributed by atoms with van der Waals surface area (Å²) in [4.78, 5) is 47.9. The van der Waals surface area contributed by atoms with Crippen LogP contribution >= 0.6 is 31.9 Å². The molecule has 226 valence electrons. The maximum Gasteiger partial charge on any atom is 0.322 e. The van der Waals surface area contributed by atoms with Crippen molar-refractivity contribution in [3.8, 4) is 0 Å². The van der Waals surface area contributed by atoms with E-state index in [0.717, 1.165) is 38.6 Å². The van der Waals surface area contributed by atoms with Gasteiger partial charge in [0.15, 0.2) is 0 Å². The first-order valence-electron chi connectivity index (χ1n) is 14.5. The van der Waals surface area contributed by atoms with Gasteiger partial charge in [0.25, 0.3) is 0 Å². The standard InChI is InChI=1S/C30H39Br2N7O3/c1-36(2)21-7-11-37(12-8-21)28(40)26(17-19-15-23(31)27(33)24(32)16-19)35-29(41)38-13-9-22(10-14-38)39-18-20-5-3-4-6-25(20)34-30(39)42/h3-6,15-16,21-22,26H,7-14,17-18,33H2,1-2H3,(H,34,42)(H,35,41)/t26-/m0/s1. The van der Waals surface area contributed by atoms with Gasteiger partial charge in [-0.1, -0.05) is 18.2 Å². The maximum absolute atomic E-state index is 13.8. The van der Waals surface area contributed by atoms with E-state index in [0.29, 0.717) is 63.7 Å². The molecule has 0 aliphatic carbocycles. The molecule has 0 bridgehead atoms. The highest BCUT2D eigenvalue weighted by molar-refractivity contribution is 9.11. The lowest BCUT2D eigenvalue weighted by Crippen LogP contribution is -2.57. The lowest BCUT2D eigenvalue weighted by Gasteiger charge is -2.41. The molecule has 1 atom stereocenters. The first kappa shape index (κ1) is 30.6. The maximum atomic E-state index is 13.8. The topological polar surface area (TPSA) is 114 Å². The van der Waals surface area contributed by atoms with Crippen LogP contribution < -0.4 is 16.4 Å². The SMILES string of the molecule is CN(C)C1CCN(C(=O)[C@H](Cc2cc(Br)c(N)c(Br)c2)NC(=O)N2CCC(N3Cc4ccccc4NC3=O)CC2)CC1. The van der Waals surface area contributed by atoms with Crippen molar-refractivity contribution in [2.75, 3.05) is 51.3 Å². The number of nitrogens with one attached hydrogen (secondary N) is 2. The van der Waals surface area contributed by atoms with Crippen molar-refractivity contribution in [2.24, 2.45) is 0 Å². The van der Waals surface area contributed by atoms with Crippen molar-refractivity contribution in [1.29, 1.82) is 0 Å². The number of hydrogen-bond acceptors (Lipinski definition) is 5. The Balaban J connectivity index is 1.24. The molecule has 3 heterocycles. The number of hydrogen-bond donors (Lipinski definition) is 3. The normalized spacial score (nSPS) is 19.0. The van der Waals surface area contributed by atoms with Gasteiger partial charge in [0.2, 0.25) is 5.91 Å². The van der Waals surface area contributed by atoms with Crippen LogP contribution in [0.2, 0.25) is 0 Å². The van der Waals surface area contributed by atoms with Crippen LogP contribution in [0.3, 0.4) is 0 Å². The number of nitrogens with zero attached hydrogens (tertiary/aromatic N) is 4. The van der Waals surface area contributed by atoms with Crippen molar-refractivity contribution in [3.05, 3.63) is 56.5 Å². The van der Waals surface area contributed by atoms with Crippen molar-refractivity contribution in [3.63, 3.8) is 0 Å². The summed E-state index contributed by atoms with van der Waals surface area (Å²) >= 11 is 7.01. The largest absolute Gasteiger partial charge is 0.397 e. The average Bonchev–Trinajstić information content (AvgIpc) is 2.99. The van der Waals surface area contributed by atoms with Crippen LogP contribution in [0.5, 0.6) is 0 Å². The van der Waals surface area contributed by atoms with E-state index in [2.05, 4.69) is 61.5 Å². The Morgan fingerprint density at radius 2 is 1.64 bits per heavy atom. The lowest BCUT2D eigenvalue weighted by molar-refractivity contribution is -0.134. The molecule has 2 fully saturated rings. The Morgan fingerprint density at radius 1 is 1.02 bits per heavy atom. The molecule has 0 aromatic heterocycles. The molecule has 10 nitrogen and oxygen atoms in total. The van der Waals surface area contributed by atoms with Crippen molar-refractivity contribution < 1.29 is 14.4 Å². The van der Waals surface area contributed by atoms with Gasteiger partial charge in [-0.25, -0.2) is 9.59 Å². The van der Waals surface area contributed by atoms with Gasteiger partial charge >= 0.3 is 12.1 Å². The molecule has 2 aromatic rings. The minimum absolute atomic E-state index is 0.0438. The summed E-state index contributed by atoms with van der Waals surface area (Å²) in [7, 11) is 4.14. The Bertz CT molecular complexity index is 1300. The monoisotopic (exact) mass is 703 g/mol. The molecule has 0 saturated carbocycles. The molecule has 2 aromatic carbocycles. The summed E-state index contributed by atoms with van der Waals surface area (Å²) in [5.41, 5.74) is 9.52. The predicted molar refractivity (Wildman–Crippen MR) is 171 cm³/mol. The van der Waals surface area contributed by atoms with Gasteiger partial charge in [-0.2, -0.15) is 0 Å². The van der Waals surface area contributed by atoms with Crippen molar-refractivity contribution >= 4 is 61.2 Å². The number of carbonyl (C=O) groups excluding carboxylic acids is 3. The van der Waals surface area contributed by atoms with Crippen LogP contribution in [0.4, 0.5) is 21.0 Å². The number of urea groups is 2. The zero-order valence-electron chi connectivity index (χ0n) is 24.1. The Morgan fingerprint density at radius 3 is 2.29 bits per heavy atom. The van der Waals surface area contributed by atoms with E-state index >= 15 is 0 Å². The van der Waals surface area contributed by atoms with Crippen LogP contribution in [-0.2, 0) is 17.8 Å². The van der Waals surface area contributed by atoms with Gasteiger partial charge in [0, 0.05) is 65.9 Å². The minimum Gasteiger partial charge on any atom is -0.397 e. The highest BCUT2D eigenvalue weighted by Crippen LogP contribution is 2.31. The third-order valence-corrected chi connectivity index (χ3v) is 10.0. The van der Waals surface area contributed by atoms with Crippen LogP contribution in [0.15, 0.2) is 45.3 Å². The van der Waals surface area contributed by atoms with Crippen LogP contribution in [0.1, 0.15) is 36.8 Å². The Labute approximate surface area is 264 Å². The van der Waals surface area contributed by atoms with E-state index in [1.165, 1.54) is 0 Å². The number of carbonyl (C=O) groups is 3. The van der Waals surface area contributed by atoms with Crippen LogP contribution in [0.25, 0.3) is 0 Å². The molecule has 5 amide bonds. The molecule has 5 rings (SSSR count). The van der Waals surface area contributed by atoms with Gasteiger partial charge in [-0.3, -0.25) is 4.79 Å². The molecule has 0 unspecified atom stereocenters. The number of halogens is 2. The quantitative estimate of drug-likeness (QED) is 0.384. The van der Waals surface area contributed by atoms with Crippen LogP contribution in [-0.4, -0.2) is 96.0 Å². The third kappa shape index (κ3) is 6.86. The summed E-state index contributed by atoms with van der Waals surface area (Å²) in [5, 5.41) is 6.06. The zero-order valence-corrected chi connectivity index (χ0v) is 27.3. The average molecular weight is 705 g/mol. The number of anilines is 2. The lowest BCUT2D eigenvalue weighted by atomic mass is 10.00. The van der Waals surface area contributed by atoms with E-state index in [1.807, 2.05) is 46.2 Å². The van der Waals surface area contributed by atoms with E-state index in [4.69, 9.17) is 5.73 Å². The Kier molecular flexibility index (Phi) is 9.64. The number of nitrogen functional groups attached to an aromatic ring is 1. The molecule has 0 radical (unpaired) electrons. The summed E-state index contributed by atoms with van der Waals surface area (Å²) in [6.45, 7) is 2.91. The summed E-state index contributed by atoms with van der Waals surface area (Å²) in [6.07, 6.45) is 3.51. The summed E-state index contributed by atoms with van der Waals surface area (Å²) < 4.78 is 1.48. The van der Waals surface area contributed by atoms with Crippen LogP contribution in [0, 0.1) is 0 Å². The number of piperidine rings is 2. The zero-order chi connectivity index (χ0) is 30.0. The van der Waals surface area contributed by atoms with E-state index < -0.39 is 6.04 Å². The summed E-state index contributed by atoms with van der Waals surface area (Å²) in [5.74, 6) is -0.0665. The van der Waals surface area contributed by atoms with Gasteiger partial charge in [-0.05, 0) is 101 Å². The molecule has 4 N–H and O–H groups in total. The fourth-order valence-corrected chi connectivity index (χ4v) is 7.43. The Hall–Kier alpha value is -2.83. The number of nitrogens with two attached hydrogens (primary N) is 1. The fourth-order valence-electron chi connectivity index (χ4n) is 6.15. The smallest absolute Gasteiger partial charge is 0.322 e. The van der Waals surface area contributed by atoms with Gasteiger partial charge in [-0.15, -0.1) is 0 Å². The van der Waals surface area contributed by atoms with E-state index in [-0.39, 0.29) is 24.0 Å². The number of rotatable bonds is 6. The number of fused-ring (bicyclic) bond motifs is 1. The van der Waals surface area contributed by atoms with Crippen molar-refractivity contribution in [1.82, 2.24) is 24.9 Å². The molecule has 42 heavy (non-hydrogen) atoms. The van der Waals surface area contributed by atoms with E-state index in [1.54, 1.807) is 4.90 Å². The number of amides is 5. The highest BCUT2D eigenvalue weighted by atomic mass is 79.9. The minimum atomic E-state index is -0.710. The third-order valence-electron chi connectivity index (χ3n) is 8.73.